The fraction of sp³-hybridized carbons (Fsp3) is 0.562. The monoisotopic (exact) mass is 292 g/mol. The van der Waals surface area contributed by atoms with Crippen LogP contribution in [0, 0.1) is 5.92 Å². The van der Waals surface area contributed by atoms with Crippen molar-refractivity contribution >= 4 is 17.2 Å². The van der Waals surface area contributed by atoms with Gasteiger partial charge in [0.1, 0.15) is 10.7 Å². The Labute approximate surface area is 127 Å². The Morgan fingerprint density at radius 1 is 1.45 bits per heavy atom. The molecule has 0 aromatic heterocycles. The van der Waals surface area contributed by atoms with E-state index in [4.69, 9.17) is 22.7 Å². The van der Waals surface area contributed by atoms with Crippen molar-refractivity contribution < 1.29 is 4.74 Å². The van der Waals surface area contributed by atoms with Crippen molar-refractivity contribution in [1.82, 2.24) is 4.90 Å². The highest BCUT2D eigenvalue weighted by atomic mass is 32.1. The number of thiocarbonyl (C=S) groups is 1. The second-order valence-corrected chi connectivity index (χ2v) is 6.30. The first kappa shape index (κ1) is 15.3. The fourth-order valence-electron chi connectivity index (χ4n) is 2.36. The molecule has 0 bridgehead atoms. The normalized spacial score (nSPS) is 14.8. The molecule has 0 saturated heterocycles. The van der Waals surface area contributed by atoms with Crippen LogP contribution in [0.3, 0.4) is 0 Å². The Kier molecular flexibility index (Phi) is 5.00. The first-order chi connectivity index (χ1) is 9.51. The molecule has 0 aliphatic heterocycles. The van der Waals surface area contributed by atoms with Gasteiger partial charge in [-0.25, -0.2) is 0 Å². The van der Waals surface area contributed by atoms with Gasteiger partial charge in [0.05, 0.1) is 7.11 Å². The summed E-state index contributed by atoms with van der Waals surface area (Å²) in [6.45, 7) is 6.53. The number of nitrogens with two attached hydrogens (primary N) is 1. The first-order valence-corrected chi connectivity index (χ1v) is 7.63. The molecule has 0 atom stereocenters. The van der Waals surface area contributed by atoms with Crippen LogP contribution in [0.1, 0.15) is 37.8 Å². The molecule has 1 aromatic carbocycles. The van der Waals surface area contributed by atoms with Gasteiger partial charge in [-0.15, -0.1) is 0 Å². The molecule has 0 unspecified atom stereocenters. The Balaban J connectivity index is 2.19. The predicted molar refractivity (Wildman–Crippen MR) is 87.2 cm³/mol. The number of hydrogen-bond donors (Lipinski definition) is 1. The summed E-state index contributed by atoms with van der Waals surface area (Å²) in [7, 11) is 1.71. The molecule has 1 aromatic rings. The topological polar surface area (TPSA) is 38.5 Å². The molecule has 0 heterocycles. The quantitative estimate of drug-likeness (QED) is 0.784. The summed E-state index contributed by atoms with van der Waals surface area (Å²) < 4.78 is 5.47. The Morgan fingerprint density at radius 2 is 2.15 bits per heavy atom. The van der Waals surface area contributed by atoms with Gasteiger partial charge in [-0.3, -0.25) is 4.90 Å². The molecule has 20 heavy (non-hydrogen) atoms. The molecule has 3 nitrogen and oxygen atoms in total. The van der Waals surface area contributed by atoms with Crippen molar-refractivity contribution in [3.8, 4) is 5.75 Å². The molecule has 0 spiro atoms. The van der Waals surface area contributed by atoms with Crippen LogP contribution in [0.4, 0.5) is 0 Å². The van der Waals surface area contributed by atoms with E-state index in [0.717, 1.165) is 35.9 Å². The second-order valence-electron chi connectivity index (χ2n) is 5.86. The SMILES string of the molecule is COc1ccc(C(N)=S)cc1CN(CC1CC1)C(C)C. The minimum absolute atomic E-state index is 0.437. The van der Waals surface area contributed by atoms with Crippen LogP contribution in [0.25, 0.3) is 0 Å². The molecule has 2 rings (SSSR count). The van der Waals surface area contributed by atoms with Crippen LogP contribution >= 0.6 is 12.2 Å². The van der Waals surface area contributed by atoms with E-state index >= 15 is 0 Å². The van der Waals surface area contributed by atoms with Crippen LogP contribution < -0.4 is 10.5 Å². The van der Waals surface area contributed by atoms with Gasteiger partial charge in [0.25, 0.3) is 0 Å². The van der Waals surface area contributed by atoms with E-state index in [9.17, 15) is 0 Å². The van der Waals surface area contributed by atoms with E-state index in [1.807, 2.05) is 12.1 Å². The lowest BCUT2D eigenvalue weighted by atomic mass is 10.1. The summed E-state index contributed by atoms with van der Waals surface area (Å²) in [6, 6.07) is 6.46. The summed E-state index contributed by atoms with van der Waals surface area (Å²) in [6.07, 6.45) is 2.74. The predicted octanol–water partition coefficient (Wildman–Crippen LogP) is 2.95. The highest BCUT2D eigenvalue weighted by Crippen LogP contribution is 2.31. The molecule has 2 N–H and O–H groups in total. The lowest BCUT2D eigenvalue weighted by Crippen LogP contribution is -2.32. The zero-order chi connectivity index (χ0) is 14.7. The maximum atomic E-state index is 5.73. The fourth-order valence-corrected chi connectivity index (χ4v) is 2.49. The number of ether oxygens (including phenoxy) is 1. The van der Waals surface area contributed by atoms with Crippen LogP contribution in [0.15, 0.2) is 18.2 Å². The van der Waals surface area contributed by atoms with Crippen molar-refractivity contribution in [2.24, 2.45) is 11.7 Å². The summed E-state index contributed by atoms with van der Waals surface area (Å²) in [5.41, 5.74) is 7.80. The molecule has 0 amide bonds. The molecule has 110 valence electrons. The van der Waals surface area contributed by atoms with Gasteiger partial charge in [0.2, 0.25) is 0 Å². The minimum Gasteiger partial charge on any atom is -0.496 e. The number of benzene rings is 1. The van der Waals surface area contributed by atoms with Crippen LogP contribution in [-0.2, 0) is 6.54 Å². The zero-order valence-corrected chi connectivity index (χ0v) is 13.4. The summed E-state index contributed by atoms with van der Waals surface area (Å²) in [5.74, 6) is 1.79. The third-order valence-corrected chi connectivity index (χ3v) is 4.09. The van der Waals surface area contributed by atoms with E-state index < -0.39 is 0 Å². The summed E-state index contributed by atoms with van der Waals surface area (Å²) >= 11 is 5.07. The first-order valence-electron chi connectivity index (χ1n) is 7.22. The molecule has 4 heteroatoms. The summed E-state index contributed by atoms with van der Waals surface area (Å²) in [4.78, 5) is 2.94. The van der Waals surface area contributed by atoms with Crippen LogP contribution in [0.5, 0.6) is 5.75 Å². The summed E-state index contributed by atoms with van der Waals surface area (Å²) in [5, 5.41) is 0. The lowest BCUT2D eigenvalue weighted by molar-refractivity contribution is 0.201. The average Bonchev–Trinajstić information content (AvgIpc) is 3.21. The van der Waals surface area contributed by atoms with Crippen molar-refractivity contribution in [2.45, 2.75) is 39.3 Å². The van der Waals surface area contributed by atoms with E-state index in [1.54, 1.807) is 7.11 Å². The zero-order valence-electron chi connectivity index (χ0n) is 12.6. The molecule has 1 aliphatic carbocycles. The van der Waals surface area contributed by atoms with Gasteiger partial charge in [0, 0.05) is 30.3 Å². The highest BCUT2D eigenvalue weighted by molar-refractivity contribution is 7.80. The van der Waals surface area contributed by atoms with E-state index in [2.05, 4.69) is 24.8 Å². The molecule has 1 fully saturated rings. The average molecular weight is 292 g/mol. The number of methoxy groups -OCH3 is 1. The van der Waals surface area contributed by atoms with Gasteiger partial charge in [-0.1, -0.05) is 12.2 Å². The molecular weight excluding hydrogens is 268 g/mol. The Hall–Kier alpha value is -1.13. The molecule has 1 saturated carbocycles. The highest BCUT2D eigenvalue weighted by Gasteiger charge is 2.26. The molecular formula is C16H24N2OS. The third-order valence-electron chi connectivity index (χ3n) is 3.86. The van der Waals surface area contributed by atoms with Crippen molar-refractivity contribution in [3.63, 3.8) is 0 Å². The van der Waals surface area contributed by atoms with E-state index in [-0.39, 0.29) is 0 Å². The molecule has 0 radical (unpaired) electrons. The number of rotatable bonds is 7. The van der Waals surface area contributed by atoms with Gasteiger partial charge in [0.15, 0.2) is 0 Å². The second kappa shape index (κ2) is 6.55. The van der Waals surface area contributed by atoms with Crippen LogP contribution in [-0.4, -0.2) is 29.6 Å². The number of hydrogen-bond acceptors (Lipinski definition) is 3. The third kappa shape index (κ3) is 3.93. The Morgan fingerprint density at radius 3 is 2.65 bits per heavy atom. The standard InChI is InChI=1S/C16H24N2OS/c1-11(2)18(9-12-4-5-12)10-14-8-13(16(17)20)6-7-15(14)19-3/h6-8,11-12H,4-5,9-10H2,1-3H3,(H2,17,20). The largest absolute Gasteiger partial charge is 0.496 e. The van der Waals surface area contributed by atoms with Gasteiger partial charge in [-0.05, 0) is 50.8 Å². The van der Waals surface area contributed by atoms with Crippen LogP contribution in [0.2, 0.25) is 0 Å². The van der Waals surface area contributed by atoms with E-state index in [1.165, 1.54) is 12.8 Å². The van der Waals surface area contributed by atoms with Gasteiger partial charge in [-0.2, -0.15) is 0 Å². The smallest absolute Gasteiger partial charge is 0.123 e. The molecule has 1 aliphatic rings. The Bertz CT molecular complexity index is 483. The van der Waals surface area contributed by atoms with Crippen molar-refractivity contribution in [2.75, 3.05) is 13.7 Å². The van der Waals surface area contributed by atoms with Crippen molar-refractivity contribution in [3.05, 3.63) is 29.3 Å². The maximum Gasteiger partial charge on any atom is 0.123 e. The van der Waals surface area contributed by atoms with E-state index in [0.29, 0.717) is 11.0 Å². The minimum atomic E-state index is 0.437. The number of nitrogens with zero attached hydrogens (tertiary/aromatic N) is 1. The van der Waals surface area contributed by atoms with Gasteiger partial charge < -0.3 is 10.5 Å². The maximum absolute atomic E-state index is 5.73. The van der Waals surface area contributed by atoms with Gasteiger partial charge >= 0.3 is 0 Å². The lowest BCUT2D eigenvalue weighted by Gasteiger charge is -2.27. The van der Waals surface area contributed by atoms with Crippen molar-refractivity contribution in [1.29, 1.82) is 0 Å².